The fourth-order valence-electron chi connectivity index (χ4n) is 0.256. The molecule has 0 aromatic rings. The van der Waals surface area contributed by atoms with Gasteiger partial charge in [0.05, 0.1) is 6.61 Å². The van der Waals surface area contributed by atoms with E-state index in [1.54, 1.807) is 0 Å². The molecule has 0 rings (SSSR count). The predicted octanol–water partition coefficient (Wildman–Crippen LogP) is -1.55. The zero-order valence-corrected chi connectivity index (χ0v) is 4.59. The molecule has 0 aliphatic rings. The highest BCUT2D eigenvalue weighted by atomic mass is 16.5. The van der Waals surface area contributed by atoms with Crippen molar-refractivity contribution in [3.05, 3.63) is 0 Å². The highest BCUT2D eigenvalue weighted by Gasteiger charge is 1.89. The van der Waals surface area contributed by atoms with Gasteiger partial charge in [0.1, 0.15) is 6.61 Å². The first-order valence-corrected chi connectivity index (χ1v) is 2.33. The minimum atomic E-state index is -0.460. The molecular formula is C4H10N2O2. The zero-order chi connectivity index (χ0) is 6.41. The molecule has 4 N–H and O–H groups in total. The molecule has 0 saturated carbocycles. The Labute approximate surface area is 47.8 Å². The van der Waals surface area contributed by atoms with Crippen molar-refractivity contribution >= 4 is 5.91 Å². The van der Waals surface area contributed by atoms with E-state index in [1.165, 1.54) is 0 Å². The average molecular weight is 118 g/mol. The first-order valence-electron chi connectivity index (χ1n) is 2.33. The van der Waals surface area contributed by atoms with Gasteiger partial charge in [0.25, 0.3) is 0 Å². The molecule has 1 amide bonds. The minimum absolute atomic E-state index is 0.0306. The highest BCUT2D eigenvalue weighted by molar-refractivity contribution is 5.74. The summed E-state index contributed by atoms with van der Waals surface area (Å²) in [5.41, 5.74) is 9.77. The van der Waals surface area contributed by atoms with E-state index in [1.807, 2.05) is 0 Å². The van der Waals surface area contributed by atoms with Crippen LogP contribution in [-0.2, 0) is 9.53 Å². The Balaban J connectivity index is 2.82. The van der Waals surface area contributed by atoms with Crippen LogP contribution in [0.4, 0.5) is 0 Å². The Morgan fingerprint density at radius 3 is 2.62 bits per heavy atom. The molecule has 0 atom stereocenters. The van der Waals surface area contributed by atoms with E-state index >= 15 is 0 Å². The molecule has 0 spiro atoms. The van der Waals surface area contributed by atoms with Crippen LogP contribution in [-0.4, -0.2) is 25.7 Å². The molecule has 0 aromatic heterocycles. The van der Waals surface area contributed by atoms with E-state index in [2.05, 4.69) is 4.74 Å². The molecule has 0 aromatic carbocycles. The van der Waals surface area contributed by atoms with E-state index in [9.17, 15) is 4.79 Å². The Kier molecular flexibility index (Phi) is 4.20. The van der Waals surface area contributed by atoms with Crippen LogP contribution in [0.25, 0.3) is 0 Å². The van der Waals surface area contributed by atoms with E-state index in [0.29, 0.717) is 13.2 Å². The van der Waals surface area contributed by atoms with Crippen LogP contribution in [0.15, 0.2) is 0 Å². The summed E-state index contributed by atoms with van der Waals surface area (Å²) >= 11 is 0. The first kappa shape index (κ1) is 7.39. The zero-order valence-electron chi connectivity index (χ0n) is 4.59. The van der Waals surface area contributed by atoms with Crippen LogP contribution in [0, 0.1) is 0 Å². The predicted molar refractivity (Wildman–Crippen MR) is 29.1 cm³/mol. The summed E-state index contributed by atoms with van der Waals surface area (Å²) in [7, 11) is 0. The van der Waals surface area contributed by atoms with Crippen molar-refractivity contribution in [3.8, 4) is 0 Å². The molecule has 48 valence electrons. The standard InChI is InChI=1S/C4H10N2O2/c5-1-2-8-3-4(6)7/h1-3,5H2,(H2,6,7). The van der Waals surface area contributed by atoms with Gasteiger partial charge in [0.15, 0.2) is 0 Å². The third-order valence-electron chi connectivity index (χ3n) is 0.507. The minimum Gasteiger partial charge on any atom is -0.370 e. The molecule has 0 aliphatic carbocycles. The van der Waals surface area contributed by atoms with Crippen molar-refractivity contribution in [2.45, 2.75) is 0 Å². The van der Waals surface area contributed by atoms with Crippen LogP contribution in [0.3, 0.4) is 0 Å². The largest absolute Gasteiger partial charge is 0.370 e. The lowest BCUT2D eigenvalue weighted by Crippen LogP contribution is -2.20. The van der Waals surface area contributed by atoms with Gasteiger partial charge in [-0.25, -0.2) is 0 Å². The number of hydrogen-bond acceptors (Lipinski definition) is 3. The van der Waals surface area contributed by atoms with Gasteiger partial charge in [-0.1, -0.05) is 0 Å². The molecule has 4 heteroatoms. The molecule has 0 heterocycles. The Morgan fingerprint density at radius 2 is 2.25 bits per heavy atom. The molecular weight excluding hydrogens is 108 g/mol. The lowest BCUT2D eigenvalue weighted by molar-refractivity contribution is -0.122. The summed E-state index contributed by atoms with van der Waals surface area (Å²) in [6.45, 7) is 0.785. The van der Waals surface area contributed by atoms with Crippen molar-refractivity contribution in [2.24, 2.45) is 11.5 Å². The lowest BCUT2D eigenvalue weighted by Gasteiger charge is -1.95. The number of rotatable bonds is 4. The van der Waals surface area contributed by atoms with E-state index in [0.717, 1.165) is 0 Å². The van der Waals surface area contributed by atoms with Crippen molar-refractivity contribution in [1.82, 2.24) is 0 Å². The van der Waals surface area contributed by atoms with Gasteiger partial charge in [0, 0.05) is 6.54 Å². The number of nitrogens with two attached hydrogens (primary N) is 2. The van der Waals surface area contributed by atoms with Crippen LogP contribution in [0.1, 0.15) is 0 Å². The number of carbonyl (C=O) groups is 1. The third kappa shape index (κ3) is 5.39. The maximum Gasteiger partial charge on any atom is 0.243 e. The lowest BCUT2D eigenvalue weighted by atomic mass is 10.6. The summed E-state index contributed by atoms with van der Waals surface area (Å²) < 4.78 is 4.64. The number of amides is 1. The molecule has 0 saturated heterocycles. The monoisotopic (exact) mass is 118 g/mol. The fraction of sp³-hybridized carbons (Fsp3) is 0.750. The smallest absolute Gasteiger partial charge is 0.243 e. The molecule has 8 heavy (non-hydrogen) atoms. The van der Waals surface area contributed by atoms with Crippen LogP contribution < -0.4 is 11.5 Å². The number of hydrogen-bond donors (Lipinski definition) is 2. The van der Waals surface area contributed by atoms with Gasteiger partial charge in [-0.3, -0.25) is 4.79 Å². The van der Waals surface area contributed by atoms with Gasteiger partial charge in [-0.15, -0.1) is 0 Å². The van der Waals surface area contributed by atoms with Crippen LogP contribution in [0.2, 0.25) is 0 Å². The fourth-order valence-corrected chi connectivity index (χ4v) is 0.256. The molecule has 0 aliphatic heterocycles. The maximum atomic E-state index is 9.93. The maximum absolute atomic E-state index is 9.93. The quantitative estimate of drug-likeness (QED) is 0.438. The Hall–Kier alpha value is -0.610. The molecule has 4 nitrogen and oxygen atoms in total. The van der Waals surface area contributed by atoms with Crippen molar-refractivity contribution in [3.63, 3.8) is 0 Å². The Bertz CT molecular complexity index is 74.4. The summed E-state index contributed by atoms with van der Waals surface area (Å²) in [4.78, 5) is 9.93. The first-order chi connectivity index (χ1) is 3.77. The summed E-state index contributed by atoms with van der Waals surface area (Å²) in [5.74, 6) is -0.460. The SMILES string of the molecule is NCCOCC(N)=O. The number of primary amides is 1. The van der Waals surface area contributed by atoms with Crippen LogP contribution in [0.5, 0.6) is 0 Å². The number of carbonyl (C=O) groups excluding carboxylic acids is 1. The highest BCUT2D eigenvalue weighted by Crippen LogP contribution is 1.67. The second-order valence-corrected chi connectivity index (χ2v) is 1.31. The molecule has 0 bridgehead atoms. The average Bonchev–Trinajstić information content (AvgIpc) is 1.66. The van der Waals surface area contributed by atoms with Gasteiger partial charge >= 0.3 is 0 Å². The van der Waals surface area contributed by atoms with Crippen molar-refractivity contribution in [1.29, 1.82) is 0 Å². The van der Waals surface area contributed by atoms with E-state index < -0.39 is 5.91 Å². The van der Waals surface area contributed by atoms with Gasteiger partial charge in [0.2, 0.25) is 5.91 Å². The second-order valence-electron chi connectivity index (χ2n) is 1.31. The van der Waals surface area contributed by atoms with Gasteiger partial charge in [-0.05, 0) is 0 Å². The third-order valence-corrected chi connectivity index (χ3v) is 0.507. The van der Waals surface area contributed by atoms with Crippen molar-refractivity contribution < 1.29 is 9.53 Å². The summed E-state index contributed by atoms with van der Waals surface area (Å²) in [6.07, 6.45) is 0. The van der Waals surface area contributed by atoms with E-state index in [4.69, 9.17) is 11.5 Å². The van der Waals surface area contributed by atoms with Crippen molar-refractivity contribution in [2.75, 3.05) is 19.8 Å². The Morgan fingerprint density at radius 1 is 1.62 bits per heavy atom. The van der Waals surface area contributed by atoms with Gasteiger partial charge in [-0.2, -0.15) is 0 Å². The molecule has 0 radical (unpaired) electrons. The summed E-state index contributed by atoms with van der Waals surface area (Å²) in [5, 5.41) is 0. The summed E-state index contributed by atoms with van der Waals surface area (Å²) in [6, 6.07) is 0. The second kappa shape index (κ2) is 4.55. The topological polar surface area (TPSA) is 78.3 Å². The normalized spacial score (nSPS) is 9.12. The van der Waals surface area contributed by atoms with E-state index in [-0.39, 0.29) is 6.61 Å². The molecule has 0 unspecified atom stereocenters. The number of ether oxygens (including phenoxy) is 1. The van der Waals surface area contributed by atoms with Gasteiger partial charge < -0.3 is 16.2 Å². The molecule has 0 fully saturated rings. The van der Waals surface area contributed by atoms with Crippen LogP contribution >= 0.6 is 0 Å².